The molecule has 0 saturated carbocycles. The van der Waals surface area contributed by atoms with Gasteiger partial charge in [0.25, 0.3) is 0 Å². The number of hydrogen-bond donors (Lipinski definition) is 0. The first-order valence-electron chi connectivity index (χ1n) is 4.63. The molecule has 0 aromatic heterocycles. The van der Waals surface area contributed by atoms with Crippen LogP contribution < -0.4 is 4.90 Å². The Kier molecular flexibility index (Phi) is 2.23. The van der Waals surface area contributed by atoms with Crippen LogP contribution in [0.1, 0.15) is 5.56 Å². The fourth-order valence-corrected chi connectivity index (χ4v) is 1.38. The second-order valence-corrected chi connectivity index (χ2v) is 3.72. The largest absolute Gasteiger partial charge is 0.378 e. The smallest absolute Gasteiger partial charge is 0.0850 e. The van der Waals surface area contributed by atoms with Gasteiger partial charge in [-0.1, -0.05) is 12.1 Å². The van der Waals surface area contributed by atoms with E-state index in [0.29, 0.717) is 6.10 Å². The number of anilines is 1. The normalized spacial score (nSPS) is 20.0. The molecule has 70 valence electrons. The molecular formula is C11H15NO. The Hall–Kier alpha value is -1.02. The average Bonchev–Trinajstić information content (AvgIpc) is 2.89. The Bertz CT molecular complexity index is 275. The van der Waals surface area contributed by atoms with Gasteiger partial charge in [0.2, 0.25) is 0 Å². The summed E-state index contributed by atoms with van der Waals surface area (Å²) >= 11 is 0. The number of hydrogen-bond acceptors (Lipinski definition) is 2. The van der Waals surface area contributed by atoms with Crippen molar-refractivity contribution in [2.45, 2.75) is 12.5 Å². The maximum Gasteiger partial charge on any atom is 0.0850 e. The third-order valence-corrected chi connectivity index (χ3v) is 2.32. The molecule has 0 spiro atoms. The van der Waals surface area contributed by atoms with Gasteiger partial charge in [-0.25, -0.2) is 0 Å². The summed E-state index contributed by atoms with van der Waals surface area (Å²) in [5.74, 6) is 0. The van der Waals surface area contributed by atoms with Gasteiger partial charge in [0.15, 0.2) is 0 Å². The summed E-state index contributed by atoms with van der Waals surface area (Å²) in [6.07, 6.45) is 1.55. The number of nitrogens with zero attached hydrogens (tertiary/aromatic N) is 1. The summed E-state index contributed by atoms with van der Waals surface area (Å²) in [4.78, 5) is 2.11. The highest BCUT2D eigenvalue weighted by Gasteiger charge is 2.22. The summed E-state index contributed by atoms with van der Waals surface area (Å²) in [5, 5.41) is 0. The van der Waals surface area contributed by atoms with Crippen molar-refractivity contribution >= 4 is 5.69 Å². The zero-order valence-electron chi connectivity index (χ0n) is 8.16. The van der Waals surface area contributed by atoms with Crippen molar-refractivity contribution in [1.82, 2.24) is 0 Å². The van der Waals surface area contributed by atoms with E-state index in [2.05, 4.69) is 43.3 Å². The van der Waals surface area contributed by atoms with Crippen LogP contribution in [-0.4, -0.2) is 26.8 Å². The maximum atomic E-state index is 5.18. The van der Waals surface area contributed by atoms with Crippen molar-refractivity contribution < 1.29 is 4.74 Å². The first-order valence-corrected chi connectivity index (χ1v) is 4.63. The molecule has 1 aromatic rings. The topological polar surface area (TPSA) is 15.8 Å². The molecule has 0 bridgehead atoms. The molecule has 1 saturated heterocycles. The van der Waals surface area contributed by atoms with Crippen molar-refractivity contribution in [1.29, 1.82) is 0 Å². The summed E-state index contributed by atoms with van der Waals surface area (Å²) in [7, 11) is 4.11. The van der Waals surface area contributed by atoms with Crippen LogP contribution in [0.3, 0.4) is 0 Å². The van der Waals surface area contributed by atoms with Gasteiger partial charge in [-0.15, -0.1) is 0 Å². The quantitative estimate of drug-likeness (QED) is 0.653. The van der Waals surface area contributed by atoms with Crippen LogP contribution in [0.4, 0.5) is 5.69 Å². The van der Waals surface area contributed by atoms with Crippen LogP contribution in [0.25, 0.3) is 0 Å². The van der Waals surface area contributed by atoms with E-state index in [1.54, 1.807) is 0 Å². The fourth-order valence-electron chi connectivity index (χ4n) is 1.38. The monoisotopic (exact) mass is 177 g/mol. The van der Waals surface area contributed by atoms with Gasteiger partial charge < -0.3 is 9.64 Å². The van der Waals surface area contributed by atoms with Crippen molar-refractivity contribution in [3.8, 4) is 0 Å². The van der Waals surface area contributed by atoms with Crippen molar-refractivity contribution in [3.05, 3.63) is 29.8 Å². The SMILES string of the molecule is CN(C)c1ccc(CC2CO2)cc1. The predicted octanol–water partition coefficient (Wildman–Crippen LogP) is 1.69. The molecule has 1 aliphatic heterocycles. The highest BCUT2D eigenvalue weighted by molar-refractivity contribution is 5.46. The number of benzene rings is 1. The predicted molar refractivity (Wildman–Crippen MR) is 54.2 cm³/mol. The summed E-state index contributed by atoms with van der Waals surface area (Å²) in [6.45, 7) is 0.940. The van der Waals surface area contributed by atoms with Crippen LogP contribution in [0.2, 0.25) is 0 Å². The molecule has 0 N–H and O–H groups in total. The highest BCUT2D eigenvalue weighted by atomic mass is 16.6. The van der Waals surface area contributed by atoms with Crippen LogP contribution in [0, 0.1) is 0 Å². The molecule has 2 rings (SSSR count). The van der Waals surface area contributed by atoms with Gasteiger partial charge in [0.1, 0.15) is 0 Å². The van der Waals surface area contributed by atoms with Crippen LogP contribution in [0.5, 0.6) is 0 Å². The van der Waals surface area contributed by atoms with E-state index in [1.807, 2.05) is 0 Å². The van der Waals surface area contributed by atoms with E-state index in [4.69, 9.17) is 4.74 Å². The lowest BCUT2D eigenvalue weighted by molar-refractivity contribution is 0.407. The molecular weight excluding hydrogens is 162 g/mol. The number of ether oxygens (including phenoxy) is 1. The van der Waals surface area contributed by atoms with Crippen LogP contribution in [-0.2, 0) is 11.2 Å². The molecule has 1 aromatic carbocycles. The van der Waals surface area contributed by atoms with Gasteiger partial charge in [-0.2, -0.15) is 0 Å². The zero-order chi connectivity index (χ0) is 9.26. The second-order valence-electron chi connectivity index (χ2n) is 3.72. The molecule has 0 aliphatic carbocycles. The molecule has 13 heavy (non-hydrogen) atoms. The minimum absolute atomic E-state index is 0.491. The van der Waals surface area contributed by atoms with E-state index in [0.717, 1.165) is 13.0 Å². The summed E-state index contributed by atoms with van der Waals surface area (Å²) in [6, 6.07) is 8.66. The van der Waals surface area contributed by atoms with Crippen molar-refractivity contribution in [2.75, 3.05) is 25.6 Å². The lowest BCUT2D eigenvalue weighted by atomic mass is 10.1. The van der Waals surface area contributed by atoms with E-state index in [9.17, 15) is 0 Å². The third-order valence-electron chi connectivity index (χ3n) is 2.32. The fraction of sp³-hybridized carbons (Fsp3) is 0.455. The minimum atomic E-state index is 0.491. The summed E-state index contributed by atoms with van der Waals surface area (Å²) in [5.41, 5.74) is 2.62. The Morgan fingerprint density at radius 1 is 1.31 bits per heavy atom. The first-order chi connectivity index (χ1) is 6.25. The Labute approximate surface area is 79.1 Å². The molecule has 1 unspecified atom stereocenters. The molecule has 1 aliphatic rings. The van der Waals surface area contributed by atoms with Gasteiger partial charge in [0.05, 0.1) is 12.7 Å². The lowest BCUT2D eigenvalue weighted by Crippen LogP contribution is -2.08. The first kappa shape index (κ1) is 8.57. The Balaban J connectivity index is 2.04. The molecule has 1 atom stereocenters. The second kappa shape index (κ2) is 3.38. The van der Waals surface area contributed by atoms with E-state index in [1.165, 1.54) is 11.3 Å². The number of epoxide rings is 1. The maximum absolute atomic E-state index is 5.18. The molecule has 1 heterocycles. The van der Waals surface area contributed by atoms with E-state index < -0.39 is 0 Å². The van der Waals surface area contributed by atoms with E-state index >= 15 is 0 Å². The molecule has 0 radical (unpaired) electrons. The van der Waals surface area contributed by atoms with Gasteiger partial charge >= 0.3 is 0 Å². The van der Waals surface area contributed by atoms with Crippen molar-refractivity contribution in [3.63, 3.8) is 0 Å². The molecule has 0 amide bonds. The van der Waals surface area contributed by atoms with Crippen molar-refractivity contribution in [2.24, 2.45) is 0 Å². The highest BCUT2D eigenvalue weighted by Crippen LogP contribution is 2.18. The lowest BCUT2D eigenvalue weighted by Gasteiger charge is -2.12. The zero-order valence-corrected chi connectivity index (χ0v) is 8.16. The van der Waals surface area contributed by atoms with E-state index in [-0.39, 0.29) is 0 Å². The third kappa shape index (κ3) is 2.22. The van der Waals surface area contributed by atoms with Crippen LogP contribution in [0.15, 0.2) is 24.3 Å². The summed E-state index contributed by atoms with van der Waals surface area (Å²) < 4.78 is 5.18. The van der Waals surface area contributed by atoms with Crippen LogP contribution >= 0.6 is 0 Å². The average molecular weight is 177 g/mol. The van der Waals surface area contributed by atoms with Gasteiger partial charge in [-0.3, -0.25) is 0 Å². The van der Waals surface area contributed by atoms with Gasteiger partial charge in [0, 0.05) is 26.2 Å². The number of rotatable bonds is 3. The molecule has 2 nitrogen and oxygen atoms in total. The minimum Gasteiger partial charge on any atom is -0.378 e. The molecule has 2 heteroatoms. The standard InChI is InChI=1S/C11H15NO/c1-12(2)10-5-3-9(4-6-10)7-11-8-13-11/h3-6,11H,7-8H2,1-2H3. The Morgan fingerprint density at radius 3 is 2.38 bits per heavy atom. The Morgan fingerprint density at radius 2 is 1.92 bits per heavy atom. The van der Waals surface area contributed by atoms with Gasteiger partial charge in [-0.05, 0) is 17.7 Å². The molecule has 1 fully saturated rings.